The molecular weight excluding hydrogens is 1010 g/mol. The highest BCUT2D eigenvalue weighted by Gasteiger charge is 2.45. The summed E-state index contributed by atoms with van der Waals surface area (Å²) >= 11 is 0. The van der Waals surface area contributed by atoms with Crippen molar-refractivity contribution in [2.45, 2.75) is 119 Å². The van der Waals surface area contributed by atoms with E-state index < -0.39 is 0 Å². The maximum atomic E-state index is 2.63. The molecule has 416 valence electrons. The molecule has 0 amide bonds. The van der Waals surface area contributed by atoms with Crippen molar-refractivity contribution in [2.75, 3.05) is 19.6 Å². The minimum Gasteiger partial charge on any atom is -0.306 e. The first-order valence-corrected chi connectivity index (χ1v) is 31.0. The molecule has 0 aliphatic carbocycles. The minimum absolute atomic E-state index is 0.0469. The van der Waals surface area contributed by atoms with Crippen LogP contribution in [0.25, 0.3) is 0 Å². The second-order valence-corrected chi connectivity index (χ2v) is 25.6. The molecule has 0 aromatic heterocycles. The number of benzene rings is 10. The summed E-state index contributed by atoms with van der Waals surface area (Å²) in [6.07, 6.45) is 0. The molecule has 10 aromatic carbocycles. The summed E-state index contributed by atoms with van der Waals surface area (Å²) in [5, 5.41) is 0. The quantitative estimate of drug-likeness (QED) is 0.113. The zero-order valence-corrected chi connectivity index (χ0v) is 51.2. The van der Waals surface area contributed by atoms with Gasteiger partial charge in [-0.15, -0.1) is 0 Å². The lowest BCUT2D eigenvalue weighted by molar-refractivity contribution is 0.812. The smallest absolute Gasteiger partial charge is 0.240 e. The summed E-state index contributed by atoms with van der Waals surface area (Å²) in [7, 11) is 0. The van der Waals surface area contributed by atoms with Crippen LogP contribution in [0.15, 0.2) is 218 Å². The van der Waals surface area contributed by atoms with Gasteiger partial charge in [0.2, 0.25) is 13.4 Å². The van der Waals surface area contributed by atoms with Crippen LogP contribution in [0.1, 0.15) is 152 Å². The second kappa shape index (κ2) is 21.9. The predicted octanol–water partition coefficient (Wildman–Crippen LogP) is 18.3. The molecule has 13 rings (SSSR count). The van der Waals surface area contributed by atoms with Gasteiger partial charge in [-0.3, -0.25) is 0 Å². The van der Waals surface area contributed by atoms with E-state index in [1.165, 1.54) is 66.2 Å². The average molecular weight is 1090 g/mol. The van der Waals surface area contributed by atoms with Crippen molar-refractivity contribution < 1.29 is 0 Å². The first-order chi connectivity index (χ1) is 40.7. The molecule has 0 spiro atoms. The van der Waals surface area contributed by atoms with Crippen LogP contribution in [-0.4, -0.2) is 13.4 Å². The Kier molecular flexibility index (Phi) is 14.3. The maximum Gasteiger partial charge on any atom is 0.240 e. The number of nitrogens with zero attached hydrogens (tertiary/aromatic N) is 4. The molecule has 6 heteroatoms. The maximum absolute atomic E-state index is 2.63. The Balaban J connectivity index is 1.15. The van der Waals surface area contributed by atoms with Gasteiger partial charge in [0.25, 0.3) is 0 Å². The fourth-order valence-corrected chi connectivity index (χ4v) is 14.2. The molecule has 0 unspecified atom stereocenters. The van der Waals surface area contributed by atoms with Crippen LogP contribution in [0.5, 0.6) is 0 Å². The van der Waals surface area contributed by atoms with Gasteiger partial charge >= 0.3 is 0 Å². The summed E-state index contributed by atoms with van der Waals surface area (Å²) in [5.41, 5.74) is 30.8. The van der Waals surface area contributed by atoms with Gasteiger partial charge in [-0.1, -0.05) is 237 Å². The van der Waals surface area contributed by atoms with Crippen LogP contribution in [0.4, 0.5) is 68.2 Å². The highest BCUT2D eigenvalue weighted by Crippen LogP contribution is 2.55. The van der Waals surface area contributed by atoms with E-state index in [0.717, 1.165) is 68.2 Å². The van der Waals surface area contributed by atoms with E-state index in [1.807, 2.05) is 0 Å². The van der Waals surface area contributed by atoms with Crippen molar-refractivity contribution in [2.24, 2.45) is 0 Å². The normalized spacial score (nSPS) is 13.5. The van der Waals surface area contributed by atoms with Gasteiger partial charge in [0, 0.05) is 22.7 Å². The third-order valence-electron chi connectivity index (χ3n) is 18.3. The largest absolute Gasteiger partial charge is 0.306 e. The van der Waals surface area contributed by atoms with E-state index in [2.05, 4.69) is 321 Å². The Morgan fingerprint density at radius 1 is 0.226 bits per heavy atom. The molecule has 84 heavy (non-hydrogen) atoms. The molecule has 0 saturated carbocycles. The zero-order chi connectivity index (χ0) is 58.2. The van der Waals surface area contributed by atoms with Crippen molar-refractivity contribution >= 4 is 114 Å². The number of hydrogen-bond donors (Lipinski definition) is 0. The van der Waals surface area contributed by atoms with Crippen molar-refractivity contribution in [1.29, 1.82) is 0 Å². The predicted molar refractivity (Wildman–Crippen MR) is 365 cm³/mol. The number of anilines is 12. The molecule has 3 aliphatic rings. The molecule has 0 fully saturated rings. The summed E-state index contributed by atoms with van der Waals surface area (Å²) < 4.78 is 0. The lowest BCUT2D eigenvalue weighted by atomic mass is 9.20. The first kappa shape index (κ1) is 54.8. The van der Waals surface area contributed by atoms with Crippen LogP contribution >= 0.6 is 0 Å². The van der Waals surface area contributed by atoms with Gasteiger partial charge < -0.3 is 19.6 Å². The van der Waals surface area contributed by atoms with Gasteiger partial charge in [-0.25, -0.2) is 0 Å². The first-order valence-electron chi connectivity index (χ1n) is 31.0. The van der Waals surface area contributed by atoms with Gasteiger partial charge in [0.05, 0.1) is 45.5 Å². The van der Waals surface area contributed by atoms with E-state index in [0.29, 0.717) is 23.7 Å². The van der Waals surface area contributed by atoms with Crippen molar-refractivity contribution in [3.63, 3.8) is 0 Å². The zero-order valence-electron chi connectivity index (χ0n) is 51.2. The average Bonchev–Trinajstić information content (AvgIpc) is 0.887. The minimum atomic E-state index is -0.116. The summed E-state index contributed by atoms with van der Waals surface area (Å²) in [6.45, 7) is 28.6. The van der Waals surface area contributed by atoms with Crippen LogP contribution in [-0.2, 0) is 0 Å². The Labute approximate surface area is 501 Å². The van der Waals surface area contributed by atoms with E-state index in [-0.39, 0.29) is 25.3 Å². The standard InChI is InChI=1S/C78H78B2N4/c1-49(2)55-43-61(51(5)6)77(62(44-55)52(7)8)79-65-41-39-59(83-73-35-23-19-31-69(73)81(57-27-15-13-16-28-57)70-32-20-24-36-74(70)83)47-67(65)80(78-63(53(9)10)45-56(50(3)4)46-64(78)54(11)12)68-48-60(40-42-66(68)79)84-75-37-25-21-33-71(75)82(58-29-17-14-18-30-58)72-34-22-26-38-76(72)84/h13-54H,1-12H3. The van der Waals surface area contributed by atoms with Gasteiger partial charge in [-0.2, -0.15) is 0 Å². The third-order valence-corrected chi connectivity index (χ3v) is 18.3. The topological polar surface area (TPSA) is 13.0 Å². The fourth-order valence-electron chi connectivity index (χ4n) is 14.2. The van der Waals surface area contributed by atoms with Crippen molar-refractivity contribution in [3.8, 4) is 0 Å². The van der Waals surface area contributed by atoms with Crippen LogP contribution in [0.3, 0.4) is 0 Å². The molecule has 0 saturated heterocycles. The molecule has 0 radical (unpaired) electrons. The van der Waals surface area contributed by atoms with Gasteiger partial charge in [0.1, 0.15) is 0 Å². The Hall–Kier alpha value is -8.47. The molecule has 0 bridgehead atoms. The Morgan fingerprint density at radius 3 is 0.714 bits per heavy atom. The molecule has 3 heterocycles. The molecule has 10 aromatic rings. The number of fused-ring (bicyclic) bond motifs is 6. The van der Waals surface area contributed by atoms with Gasteiger partial charge in [-0.05, 0) is 166 Å². The van der Waals surface area contributed by atoms with Crippen molar-refractivity contribution in [1.82, 2.24) is 0 Å². The molecule has 0 atom stereocenters. The van der Waals surface area contributed by atoms with E-state index in [1.54, 1.807) is 0 Å². The van der Waals surface area contributed by atoms with Crippen LogP contribution < -0.4 is 52.4 Å². The SMILES string of the molecule is CC(C)c1cc(C(C)C)c(B2c3ccc(N4c5ccccc5N(c5ccccc5)c5ccccc54)cc3B(c3c(C(C)C)cc(C(C)C)cc3C(C)C)c3cc(N4c5ccccc5N(c5ccccc5)c5ccccc54)ccc32)c(C(C)C)c1. The number of hydrogen-bond acceptors (Lipinski definition) is 4. The van der Waals surface area contributed by atoms with E-state index in [9.17, 15) is 0 Å². The molecular formula is C78H78B2N4. The molecule has 4 nitrogen and oxygen atoms in total. The van der Waals surface area contributed by atoms with Crippen molar-refractivity contribution in [3.05, 3.63) is 252 Å². The fraction of sp³-hybridized carbons (Fsp3) is 0.231. The highest BCUT2D eigenvalue weighted by atomic mass is 15.3. The van der Waals surface area contributed by atoms with E-state index in [4.69, 9.17) is 0 Å². The summed E-state index contributed by atoms with van der Waals surface area (Å²) in [6, 6.07) is 83.3. The second-order valence-electron chi connectivity index (χ2n) is 25.6. The van der Waals surface area contributed by atoms with E-state index >= 15 is 0 Å². The lowest BCUT2D eigenvalue weighted by Gasteiger charge is -2.42. The summed E-state index contributed by atoms with van der Waals surface area (Å²) in [4.78, 5) is 9.98. The Bertz CT molecular complexity index is 3760. The summed E-state index contributed by atoms with van der Waals surface area (Å²) in [5.74, 6) is 1.91. The number of para-hydroxylation sites is 10. The number of rotatable bonds is 12. The third kappa shape index (κ3) is 9.16. The van der Waals surface area contributed by atoms with Gasteiger partial charge in [0.15, 0.2) is 0 Å². The lowest BCUT2D eigenvalue weighted by Crippen LogP contribution is -2.76. The molecule has 0 N–H and O–H groups in total. The molecule has 3 aliphatic heterocycles. The Morgan fingerprint density at radius 2 is 0.464 bits per heavy atom. The van der Waals surface area contributed by atoms with Crippen LogP contribution in [0.2, 0.25) is 0 Å². The monoisotopic (exact) mass is 1090 g/mol. The van der Waals surface area contributed by atoms with Crippen LogP contribution in [0, 0.1) is 0 Å². The highest BCUT2D eigenvalue weighted by molar-refractivity contribution is 7.11.